The van der Waals surface area contributed by atoms with Gasteiger partial charge in [0.05, 0.1) is 25.0 Å². The van der Waals surface area contributed by atoms with E-state index in [1.165, 1.54) is 0 Å². The highest BCUT2D eigenvalue weighted by Crippen LogP contribution is 2.03. The molecule has 0 saturated heterocycles. The summed E-state index contributed by atoms with van der Waals surface area (Å²) in [6.45, 7) is 4.01. The Bertz CT molecular complexity index is 228. The lowest BCUT2D eigenvalue weighted by Gasteiger charge is -2.04. The fourth-order valence-electron chi connectivity index (χ4n) is 1.49. The maximum Gasteiger partial charge on any atom is 0.305 e. The summed E-state index contributed by atoms with van der Waals surface area (Å²) in [6, 6.07) is 0. The van der Waals surface area contributed by atoms with Crippen molar-refractivity contribution in [2.24, 2.45) is 0 Å². The van der Waals surface area contributed by atoms with Gasteiger partial charge < -0.3 is 20.4 Å². The molecule has 0 aliphatic heterocycles. The second kappa shape index (κ2) is 14.3. The van der Waals surface area contributed by atoms with Gasteiger partial charge in [-0.15, -0.1) is 0 Å². The minimum absolute atomic E-state index is 0.125. The largest absolute Gasteiger partial charge is 0.481 e. The van der Waals surface area contributed by atoms with Gasteiger partial charge in [0, 0.05) is 0 Å². The van der Waals surface area contributed by atoms with Crippen LogP contribution < -0.4 is 0 Å². The Kier molecular flexibility index (Phi) is 15.1. The van der Waals surface area contributed by atoms with Gasteiger partial charge in [-0.25, -0.2) is 0 Å². The number of carboxylic acid groups (broad SMARTS) is 2. The summed E-state index contributed by atoms with van der Waals surface area (Å²) < 4.78 is 0. The Morgan fingerprint density at radius 1 is 0.800 bits per heavy atom. The quantitative estimate of drug-likeness (QED) is 0.489. The molecular weight excluding hydrogens is 264 g/mol. The van der Waals surface area contributed by atoms with Crippen molar-refractivity contribution in [2.75, 3.05) is 0 Å². The van der Waals surface area contributed by atoms with E-state index < -0.39 is 24.1 Å². The Balaban J connectivity index is 0. The third-order valence-electron chi connectivity index (χ3n) is 2.60. The second-order valence-corrected chi connectivity index (χ2v) is 4.79. The van der Waals surface area contributed by atoms with E-state index in [4.69, 9.17) is 20.4 Å². The van der Waals surface area contributed by atoms with Crippen molar-refractivity contribution in [1.29, 1.82) is 0 Å². The molecule has 0 heterocycles. The van der Waals surface area contributed by atoms with Gasteiger partial charge in [-0.05, 0) is 12.8 Å². The number of hydrogen-bond donors (Lipinski definition) is 4. The zero-order valence-electron chi connectivity index (χ0n) is 12.4. The molecule has 0 bridgehead atoms. The monoisotopic (exact) mass is 292 g/mol. The number of hydrogen-bond acceptors (Lipinski definition) is 4. The predicted molar refractivity (Wildman–Crippen MR) is 75.6 cm³/mol. The van der Waals surface area contributed by atoms with Crippen LogP contribution in [0.3, 0.4) is 0 Å². The predicted octanol–water partition coefficient (Wildman–Crippen LogP) is 2.02. The maximum absolute atomic E-state index is 10.0. The molecule has 2 atom stereocenters. The third-order valence-corrected chi connectivity index (χ3v) is 2.60. The summed E-state index contributed by atoms with van der Waals surface area (Å²) in [5.41, 5.74) is 0. The number of unbranched alkanes of at least 4 members (excludes halogenated alkanes) is 2. The average molecular weight is 292 g/mol. The van der Waals surface area contributed by atoms with Crippen LogP contribution in [-0.4, -0.2) is 44.6 Å². The highest BCUT2D eigenvalue weighted by Gasteiger charge is 2.08. The van der Waals surface area contributed by atoms with Gasteiger partial charge in [0.15, 0.2) is 0 Å². The first kappa shape index (κ1) is 21.2. The van der Waals surface area contributed by atoms with Crippen LogP contribution in [0.5, 0.6) is 0 Å². The summed E-state index contributed by atoms with van der Waals surface area (Å²) in [7, 11) is 0. The Morgan fingerprint density at radius 2 is 1.10 bits per heavy atom. The first-order valence-corrected chi connectivity index (χ1v) is 7.13. The fraction of sp³-hybridized carbons (Fsp3) is 0.857. The summed E-state index contributed by atoms with van der Waals surface area (Å²) in [6.07, 6.45) is 3.43. The first-order valence-electron chi connectivity index (χ1n) is 7.13. The van der Waals surface area contributed by atoms with Crippen molar-refractivity contribution in [3.05, 3.63) is 0 Å². The van der Waals surface area contributed by atoms with E-state index in [-0.39, 0.29) is 12.8 Å². The van der Waals surface area contributed by atoms with E-state index in [0.717, 1.165) is 25.7 Å². The van der Waals surface area contributed by atoms with E-state index in [2.05, 4.69) is 0 Å². The van der Waals surface area contributed by atoms with Crippen molar-refractivity contribution >= 4 is 11.9 Å². The highest BCUT2D eigenvalue weighted by molar-refractivity contribution is 5.67. The van der Waals surface area contributed by atoms with E-state index >= 15 is 0 Å². The number of aliphatic hydroxyl groups excluding tert-OH is 2. The molecule has 20 heavy (non-hydrogen) atoms. The minimum atomic E-state index is -0.927. The molecule has 0 aliphatic carbocycles. The summed E-state index contributed by atoms with van der Waals surface area (Å²) in [4.78, 5) is 20.0. The van der Waals surface area contributed by atoms with Crippen LogP contribution in [0.25, 0.3) is 0 Å². The third kappa shape index (κ3) is 19.2. The van der Waals surface area contributed by atoms with E-state index in [1.54, 1.807) is 0 Å². The van der Waals surface area contributed by atoms with Crippen molar-refractivity contribution in [1.82, 2.24) is 0 Å². The van der Waals surface area contributed by atoms with Crippen molar-refractivity contribution in [3.63, 3.8) is 0 Å². The first-order chi connectivity index (χ1) is 9.33. The maximum atomic E-state index is 10.0. The number of carboxylic acids is 2. The van der Waals surface area contributed by atoms with Crippen LogP contribution >= 0.6 is 0 Å². The smallest absolute Gasteiger partial charge is 0.305 e. The number of aliphatic carboxylic acids is 2. The van der Waals surface area contributed by atoms with Crippen LogP contribution in [0, 0.1) is 0 Å². The summed E-state index contributed by atoms with van der Waals surface area (Å²) in [5.74, 6) is -1.85. The Morgan fingerprint density at radius 3 is 1.30 bits per heavy atom. The van der Waals surface area contributed by atoms with Crippen LogP contribution in [0.1, 0.15) is 65.2 Å². The molecule has 0 radical (unpaired) electrons. The molecule has 0 aromatic rings. The lowest BCUT2D eigenvalue weighted by atomic mass is 10.1. The molecule has 0 saturated carbocycles. The minimum Gasteiger partial charge on any atom is -0.481 e. The normalized spacial score (nSPS) is 13.0. The Hall–Kier alpha value is -1.14. The van der Waals surface area contributed by atoms with Gasteiger partial charge >= 0.3 is 11.9 Å². The molecule has 0 fully saturated rings. The molecule has 6 heteroatoms. The van der Waals surface area contributed by atoms with E-state index in [9.17, 15) is 9.59 Å². The molecule has 4 N–H and O–H groups in total. The number of carbonyl (C=O) groups is 2. The fourth-order valence-corrected chi connectivity index (χ4v) is 1.49. The molecule has 0 aromatic heterocycles. The van der Waals surface area contributed by atoms with Gasteiger partial charge in [-0.1, -0.05) is 39.5 Å². The van der Waals surface area contributed by atoms with E-state index in [1.807, 2.05) is 13.8 Å². The average Bonchev–Trinajstić information content (AvgIpc) is 2.33. The van der Waals surface area contributed by atoms with Crippen molar-refractivity contribution in [2.45, 2.75) is 77.4 Å². The summed E-state index contributed by atoms with van der Waals surface area (Å²) in [5, 5.41) is 34.4. The molecule has 2 unspecified atom stereocenters. The molecule has 0 spiro atoms. The van der Waals surface area contributed by atoms with Gasteiger partial charge in [0.2, 0.25) is 0 Å². The van der Waals surface area contributed by atoms with Crippen molar-refractivity contribution in [3.8, 4) is 0 Å². The van der Waals surface area contributed by atoms with Gasteiger partial charge in [0.25, 0.3) is 0 Å². The van der Waals surface area contributed by atoms with Gasteiger partial charge in [-0.3, -0.25) is 9.59 Å². The zero-order valence-corrected chi connectivity index (χ0v) is 12.4. The lowest BCUT2D eigenvalue weighted by molar-refractivity contribution is -0.140. The van der Waals surface area contributed by atoms with Gasteiger partial charge in [0.1, 0.15) is 0 Å². The van der Waals surface area contributed by atoms with E-state index in [0.29, 0.717) is 12.8 Å². The zero-order chi connectivity index (χ0) is 16.0. The molecular formula is C14H28O6. The molecule has 120 valence electrons. The van der Waals surface area contributed by atoms with Crippen molar-refractivity contribution < 1.29 is 30.0 Å². The Labute approximate surface area is 120 Å². The highest BCUT2D eigenvalue weighted by atomic mass is 16.4. The topological polar surface area (TPSA) is 115 Å². The summed E-state index contributed by atoms with van der Waals surface area (Å²) >= 11 is 0. The van der Waals surface area contributed by atoms with Gasteiger partial charge in [-0.2, -0.15) is 0 Å². The number of rotatable bonds is 10. The molecule has 0 aromatic carbocycles. The van der Waals surface area contributed by atoms with Crippen LogP contribution in [-0.2, 0) is 9.59 Å². The SMILES string of the molecule is CCCCC(O)CC(=O)O.CCCCC(O)CC(=O)O. The standard InChI is InChI=1S/2C7H14O3/c2*1-2-3-4-6(8)5-7(9)10/h2*6,8H,2-5H2,1H3,(H,9,10). The molecule has 0 amide bonds. The lowest BCUT2D eigenvalue weighted by Crippen LogP contribution is -2.12. The molecule has 0 rings (SSSR count). The number of aliphatic hydroxyl groups is 2. The second-order valence-electron chi connectivity index (χ2n) is 4.79. The van der Waals surface area contributed by atoms with Crippen LogP contribution in [0.2, 0.25) is 0 Å². The van der Waals surface area contributed by atoms with Crippen LogP contribution in [0.15, 0.2) is 0 Å². The molecule has 0 aliphatic rings. The van der Waals surface area contributed by atoms with Crippen LogP contribution in [0.4, 0.5) is 0 Å². The molecule has 6 nitrogen and oxygen atoms in total.